The molecule has 1 heterocycles. The Bertz CT molecular complexity index is 504. The van der Waals surface area contributed by atoms with Crippen LogP contribution in [-0.2, 0) is 9.53 Å². The third-order valence-corrected chi connectivity index (χ3v) is 4.07. The molecule has 20 heavy (non-hydrogen) atoms. The fraction of sp³-hybridized carbons (Fsp3) is 0.467. The molecule has 1 aromatic carbocycles. The summed E-state index contributed by atoms with van der Waals surface area (Å²) < 4.78 is 6.09. The maximum Gasteiger partial charge on any atom is 0.310 e. The highest BCUT2D eigenvalue weighted by Gasteiger charge is 2.29. The predicted molar refractivity (Wildman–Crippen MR) is 84.4 cm³/mol. The van der Waals surface area contributed by atoms with Gasteiger partial charge >= 0.3 is 5.97 Å². The Morgan fingerprint density at radius 3 is 2.95 bits per heavy atom. The SMILES string of the molecule is CCOC(=O)C1CCCN(C(=O)c2cccc(I)c2)C1. The molecule has 108 valence electrons. The monoisotopic (exact) mass is 387 g/mol. The van der Waals surface area contributed by atoms with Gasteiger partial charge in [0.1, 0.15) is 0 Å². The molecule has 1 saturated heterocycles. The minimum Gasteiger partial charge on any atom is -0.466 e. The fourth-order valence-corrected chi connectivity index (χ4v) is 2.96. The quantitative estimate of drug-likeness (QED) is 0.592. The number of hydrogen-bond donors (Lipinski definition) is 0. The zero-order valence-corrected chi connectivity index (χ0v) is 13.6. The lowest BCUT2D eigenvalue weighted by Gasteiger charge is -2.31. The summed E-state index contributed by atoms with van der Waals surface area (Å²) in [6.45, 7) is 3.36. The largest absolute Gasteiger partial charge is 0.466 e. The summed E-state index contributed by atoms with van der Waals surface area (Å²) in [7, 11) is 0. The number of halogens is 1. The van der Waals surface area contributed by atoms with Crippen molar-refractivity contribution in [2.75, 3.05) is 19.7 Å². The van der Waals surface area contributed by atoms with E-state index in [4.69, 9.17) is 4.74 Å². The maximum absolute atomic E-state index is 12.4. The van der Waals surface area contributed by atoms with Gasteiger partial charge in [-0.2, -0.15) is 0 Å². The highest BCUT2D eigenvalue weighted by atomic mass is 127. The van der Waals surface area contributed by atoms with Crippen LogP contribution in [0.5, 0.6) is 0 Å². The van der Waals surface area contributed by atoms with Gasteiger partial charge in [0.05, 0.1) is 12.5 Å². The maximum atomic E-state index is 12.4. The molecule has 0 aliphatic carbocycles. The zero-order valence-electron chi connectivity index (χ0n) is 11.5. The van der Waals surface area contributed by atoms with Crippen LogP contribution in [0.25, 0.3) is 0 Å². The highest BCUT2D eigenvalue weighted by molar-refractivity contribution is 14.1. The summed E-state index contributed by atoms with van der Waals surface area (Å²) in [4.78, 5) is 26.0. The molecule has 1 unspecified atom stereocenters. The van der Waals surface area contributed by atoms with Crippen molar-refractivity contribution in [3.63, 3.8) is 0 Å². The van der Waals surface area contributed by atoms with Crippen molar-refractivity contribution in [3.8, 4) is 0 Å². The van der Waals surface area contributed by atoms with Crippen LogP contribution in [0.4, 0.5) is 0 Å². The van der Waals surface area contributed by atoms with Gasteiger partial charge in [0.15, 0.2) is 0 Å². The van der Waals surface area contributed by atoms with Gasteiger partial charge in [-0.3, -0.25) is 9.59 Å². The molecule has 0 aromatic heterocycles. The molecule has 1 aromatic rings. The van der Waals surface area contributed by atoms with Crippen molar-refractivity contribution in [1.82, 2.24) is 4.90 Å². The standard InChI is InChI=1S/C15H18INO3/c1-2-20-15(19)12-6-4-8-17(10-12)14(18)11-5-3-7-13(16)9-11/h3,5,7,9,12H,2,4,6,8,10H2,1H3. The minimum atomic E-state index is -0.187. The summed E-state index contributed by atoms with van der Waals surface area (Å²) in [5, 5.41) is 0. The molecule has 1 aliphatic rings. The first kappa shape index (κ1) is 15.3. The predicted octanol–water partition coefficient (Wildman–Crippen LogP) is 2.71. The van der Waals surface area contributed by atoms with Gasteiger partial charge in [0.2, 0.25) is 0 Å². The Balaban J connectivity index is 2.05. The van der Waals surface area contributed by atoms with Gasteiger partial charge in [-0.05, 0) is 60.6 Å². The summed E-state index contributed by atoms with van der Waals surface area (Å²) >= 11 is 2.19. The van der Waals surface area contributed by atoms with E-state index in [9.17, 15) is 9.59 Å². The van der Waals surface area contributed by atoms with Crippen LogP contribution in [0.15, 0.2) is 24.3 Å². The molecule has 0 spiro atoms. The molecule has 0 bridgehead atoms. The van der Waals surface area contributed by atoms with Crippen LogP contribution in [0.1, 0.15) is 30.1 Å². The van der Waals surface area contributed by atoms with Crippen molar-refractivity contribution < 1.29 is 14.3 Å². The molecule has 5 heteroatoms. The number of benzene rings is 1. The zero-order chi connectivity index (χ0) is 14.5. The van der Waals surface area contributed by atoms with Crippen LogP contribution in [0.2, 0.25) is 0 Å². The van der Waals surface area contributed by atoms with Crippen molar-refractivity contribution in [2.24, 2.45) is 5.92 Å². The Labute approximate surface area is 132 Å². The van der Waals surface area contributed by atoms with E-state index in [1.54, 1.807) is 11.8 Å². The van der Waals surface area contributed by atoms with Crippen LogP contribution < -0.4 is 0 Å². The van der Waals surface area contributed by atoms with Crippen molar-refractivity contribution in [2.45, 2.75) is 19.8 Å². The summed E-state index contributed by atoms with van der Waals surface area (Å²) in [5.74, 6) is -0.374. The lowest BCUT2D eigenvalue weighted by Crippen LogP contribution is -2.42. The lowest BCUT2D eigenvalue weighted by atomic mass is 9.97. The van der Waals surface area contributed by atoms with E-state index in [1.807, 2.05) is 24.3 Å². The second-order valence-electron chi connectivity index (χ2n) is 4.85. The number of carbonyl (C=O) groups excluding carboxylic acids is 2. The topological polar surface area (TPSA) is 46.6 Å². The summed E-state index contributed by atoms with van der Waals surface area (Å²) in [6, 6.07) is 7.52. The molecular formula is C15H18INO3. The number of likely N-dealkylation sites (tertiary alicyclic amines) is 1. The van der Waals surface area contributed by atoms with Crippen LogP contribution >= 0.6 is 22.6 Å². The number of piperidine rings is 1. The first-order valence-electron chi connectivity index (χ1n) is 6.83. The van der Waals surface area contributed by atoms with Gasteiger partial charge in [-0.15, -0.1) is 0 Å². The van der Waals surface area contributed by atoms with E-state index in [0.717, 1.165) is 16.4 Å². The molecule has 2 rings (SSSR count). The number of nitrogens with zero attached hydrogens (tertiary/aromatic N) is 1. The molecule has 1 amide bonds. The average Bonchev–Trinajstić information content (AvgIpc) is 2.47. The second-order valence-corrected chi connectivity index (χ2v) is 6.10. The Kier molecular flexibility index (Phi) is 5.39. The van der Waals surface area contributed by atoms with Crippen molar-refractivity contribution in [1.29, 1.82) is 0 Å². The average molecular weight is 387 g/mol. The van der Waals surface area contributed by atoms with Gasteiger partial charge in [-0.1, -0.05) is 6.07 Å². The van der Waals surface area contributed by atoms with Gasteiger partial charge in [0.25, 0.3) is 5.91 Å². The first-order valence-corrected chi connectivity index (χ1v) is 7.91. The van der Waals surface area contributed by atoms with E-state index in [1.165, 1.54) is 0 Å². The molecule has 1 fully saturated rings. The van der Waals surface area contributed by atoms with E-state index in [2.05, 4.69) is 22.6 Å². The number of rotatable bonds is 3. The van der Waals surface area contributed by atoms with Gasteiger partial charge in [-0.25, -0.2) is 0 Å². The first-order chi connectivity index (χ1) is 9.61. The van der Waals surface area contributed by atoms with Crippen LogP contribution in [0.3, 0.4) is 0 Å². The molecule has 1 aliphatic heterocycles. The van der Waals surface area contributed by atoms with Crippen LogP contribution in [0, 0.1) is 9.49 Å². The molecular weight excluding hydrogens is 369 g/mol. The molecule has 0 radical (unpaired) electrons. The normalized spacial score (nSPS) is 18.7. The minimum absolute atomic E-state index is 0.00230. The van der Waals surface area contributed by atoms with Gasteiger partial charge < -0.3 is 9.64 Å². The fourth-order valence-electron chi connectivity index (χ4n) is 2.42. The Morgan fingerprint density at radius 2 is 2.25 bits per heavy atom. The van der Waals surface area contributed by atoms with Crippen molar-refractivity contribution in [3.05, 3.63) is 33.4 Å². The molecule has 0 saturated carbocycles. The van der Waals surface area contributed by atoms with E-state index in [-0.39, 0.29) is 17.8 Å². The summed E-state index contributed by atoms with van der Waals surface area (Å²) in [5.41, 5.74) is 0.682. The van der Waals surface area contributed by atoms with E-state index in [0.29, 0.717) is 25.3 Å². The van der Waals surface area contributed by atoms with E-state index < -0.39 is 0 Å². The number of hydrogen-bond acceptors (Lipinski definition) is 3. The third-order valence-electron chi connectivity index (χ3n) is 3.40. The molecule has 1 atom stereocenters. The number of esters is 1. The Morgan fingerprint density at radius 1 is 1.45 bits per heavy atom. The highest BCUT2D eigenvalue weighted by Crippen LogP contribution is 2.20. The second kappa shape index (κ2) is 7.06. The number of carbonyl (C=O) groups is 2. The molecule has 0 N–H and O–H groups in total. The lowest BCUT2D eigenvalue weighted by molar-refractivity contribution is -0.149. The third kappa shape index (κ3) is 3.71. The van der Waals surface area contributed by atoms with Crippen LogP contribution in [-0.4, -0.2) is 36.5 Å². The number of amides is 1. The Hall–Kier alpha value is -1.11. The summed E-state index contributed by atoms with van der Waals surface area (Å²) in [6.07, 6.45) is 1.65. The van der Waals surface area contributed by atoms with E-state index >= 15 is 0 Å². The smallest absolute Gasteiger partial charge is 0.310 e. The van der Waals surface area contributed by atoms with Crippen molar-refractivity contribution >= 4 is 34.5 Å². The van der Waals surface area contributed by atoms with Gasteiger partial charge in [0, 0.05) is 22.2 Å². The molecule has 4 nitrogen and oxygen atoms in total. The number of ether oxygens (including phenoxy) is 1.